The molecule has 2 atom stereocenters. The first-order chi connectivity index (χ1) is 7.40. The first kappa shape index (κ1) is 19.1. The molecule has 0 rings (SSSR count). The van der Waals surface area contributed by atoms with Crippen LogP contribution in [0.4, 0.5) is 0 Å². The summed E-state index contributed by atoms with van der Waals surface area (Å²) in [6.45, 7) is 9.12. The summed E-state index contributed by atoms with van der Waals surface area (Å²) in [6, 6.07) is 0.191. The third kappa shape index (κ3) is 7.61. The first-order valence-electron chi connectivity index (χ1n) is 6.40. The maximum absolute atomic E-state index is 11.9. The Bertz CT molecular complexity index is 210. The summed E-state index contributed by atoms with van der Waals surface area (Å²) in [5.41, 5.74) is 5.96. The van der Waals surface area contributed by atoms with Gasteiger partial charge in [-0.2, -0.15) is 0 Å². The molecule has 2 unspecified atom stereocenters. The van der Waals surface area contributed by atoms with Gasteiger partial charge in [-0.1, -0.05) is 34.1 Å². The van der Waals surface area contributed by atoms with E-state index in [2.05, 4.69) is 20.8 Å². The van der Waals surface area contributed by atoms with Gasteiger partial charge in [0.05, 0.1) is 0 Å². The number of hydrogen-bond donors (Lipinski definition) is 1. The Morgan fingerprint density at radius 3 is 2.18 bits per heavy atom. The maximum atomic E-state index is 11.9. The van der Waals surface area contributed by atoms with Gasteiger partial charge >= 0.3 is 0 Å². The van der Waals surface area contributed by atoms with Crippen molar-refractivity contribution in [1.29, 1.82) is 0 Å². The zero-order valence-electron chi connectivity index (χ0n) is 11.9. The lowest BCUT2D eigenvalue weighted by atomic mass is 10.0. The van der Waals surface area contributed by atoms with E-state index < -0.39 is 0 Å². The Morgan fingerprint density at radius 1 is 1.24 bits per heavy atom. The van der Waals surface area contributed by atoms with Crippen molar-refractivity contribution in [3.63, 3.8) is 0 Å². The number of nitrogens with zero attached hydrogens (tertiary/aromatic N) is 1. The van der Waals surface area contributed by atoms with Gasteiger partial charge < -0.3 is 10.6 Å². The van der Waals surface area contributed by atoms with Crippen LogP contribution in [0, 0.1) is 11.8 Å². The molecule has 0 fully saturated rings. The highest BCUT2D eigenvalue weighted by Crippen LogP contribution is 2.10. The van der Waals surface area contributed by atoms with Crippen LogP contribution in [0.5, 0.6) is 0 Å². The molecule has 0 aromatic carbocycles. The van der Waals surface area contributed by atoms with Gasteiger partial charge in [0.25, 0.3) is 0 Å². The molecule has 2 N–H and O–H groups in total. The lowest BCUT2D eigenvalue weighted by Gasteiger charge is -2.24. The molecule has 0 aliphatic carbocycles. The molecule has 4 heteroatoms. The van der Waals surface area contributed by atoms with E-state index in [0.717, 1.165) is 25.8 Å². The quantitative estimate of drug-likeness (QED) is 0.769. The Balaban J connectivity index is 0. The lowest BCUT2D eigenvalue weighted by Crippen LogP contribution is -2.36. The fraction of sp³-hybridized carbons (Fsp3) is 0.923. The van der Waals surface area contributed by atoms with Gasteiger partial charge in [-0.15, -0.1) is 12.4 Å². The van der Waals surface area contributed by atoms with Crippen molar-refractivity contribution < 1.29 is 4.79 Å². The summed E-state index contributed by atoms with van der Waals surface area (Å²) in [5, 5.41) is 0. The van der Waals surface area contributed by atoms with Crippen LogP contribution in [0.1, 0.15) is 47.0 Å². The van der Waals surface area contributed by atoms with Gasteiger partial charge in [0.2, 0.25) is 5.91 Å². The van der Waals surface area contributed by atoms with Crippen LogP contribution in [0.25, 0.3) is 0 Å². The number of halogens is 1. The minimum atomic E-state index is 0. The van der Waals surface area contributed by atoms with Crippen LogP contribution < -0.4 is 5.73 Å². The number of rotatable bonds is 7. The Hall–Kier alpha value is -0.280. The fourth-order valence-electron chi connectivity index (χ4n) is 1.72. The monoisotopic (exact) mass is 264 g/mol. The summed E-state index contributed by atoms with van der Waals surface area (Å²) < 4.78 is 0. The largest absolute Gasteiger partial charge is 0.345 e. The highest BCUT2D eigenvalue weighted by molar-refractivity contribution is 5.85. The minimum absolute atomic E-state index is 0. The van der Waals surface area contributed by atoms with E-state index in [1.807, 2.05) is 18.9 Å². The number of carbonyl (C=O) groups excluding carboxylic acids is 1. The molecule has 0 aromatic rings. The molecule has 0 aliphatic heterocycles. The average molecular weight is 265 g/mol. The van der Waals surface area contributed by atoms with E-state index in [0.29, 0.717) is 5.92 Å². The number of hydrogen-bond acceptors (Lipinski definition) is 2. The molecule has 104 valence electrons. The lowest BCUT2D eigenvalue weighted by molar-refractivity contribution is -0.134. The predicted molar refractivity (Wildman–Crippen MR) is 76.4 cm³/mol. The van der Waals surface area contributed by atoms with Crippen molar-refractivity contribution in [2.75, 3.05) is 13.6 Å². The summed E-state index contributed by atoms with van der Waals surface area (Å²) >= 11 is 0. The van der Waals surface area contributed by atoms with Crippen LogP contribution in [0.3, 0.4) is 0 Å². The predicted octanol–water partition coefficient (Wildman–Crippen LogP) is 2.68. The fourth-order valence-corrected chi connectivity index (χ4v) is 1.72. The molecule has 0 aromatic heterocycles. The first-order valence-corrected chi connectivity index (χ1v) is 6.40. The molecule has 0 bridgehead atoms. The summed E-state index contributed by atoms with van der Waals surface area (Å²) in [6.07, 6.45) is 2.92. The van der Waals surface area contributed by atoms with Crippen molar-refractivity contribution in [2.24, 2.45) is 17.6 Å². The van der Waals surface area contributed by atoms with Gasteiger partial charge in [-0.25, -0.2) is 0 Å². The van der Waals surface area contributed by atoms with Crippen LogP contribution >= 0.6 is 12.4 Å². The Labute approximate surface area is 113 Å². The highest BCUT2D eigenvalue weighted by atomic mass is 35.5. The van der Waals surface area contributed by atoms with Crippen molar-refractivity contribution in [1.82, 2.24) is 4.90 Å². The topological polar surface area (TPSA) is 46.3 Å². The highest BCUT2D eigenvalue weighted by Gasteiger charge is 2.17. The molecular weight excluding hydrogens is 236 g/mol. The molecule has 0 radical (unpaired) electrons. The molecule has 1 amide bonds. The summed E-state index contributed by atoms with van der Waals surface area (Å²) in [7, 11) is 1.88. The Morgan fingerprint density at radius 2 is 1.76 bits per heavy atom. The van der Waals surface area contributed by atoms with E-state index in [1.54, 1.807) is 0 Å². The SMILES string of the molecule is CCCC(C)C(=O)N(C)CCC(N)C(C)C.Cl. The standard InChI is InChI=1S/C13H28N2O.ClH/c1-6-7-11(4)13(16)15(5)9-8-12(14)10(2)3;/h10-12H,6-9,14H2,1-5H3;1H. The molecule has 0 saturated heterocycles. The molecule has 17 heavy (non-hydrogen) atoms. The normalized spacial score (nSPS) is 14.1. The van der Waals surface area contributed by atoms with E-state index in [9.17, 15) is 4.79 Å². The molecule has 0 aliphatic rings. The van der Waals surface area contributed by atoms with Crippen molar-refractivity contribution in [2.45, 2.75) is 53.0 Å². The van der Waals surface area contributed by atoms with Crippen molar-refractivity contribution in [3.8, 4) is 0 Å². The zero-order chi connectivity index (χ0) is 12.7. The molecule has 0 spiro atoms. The van der Waals surface area contributed by atoms with Crippen molar-refractivity contribution >= 4 is 18.3 Å². The van der Waals surface area contributed by atoms with Crippen LogP contribution in [0.15, 0.2) is 0 Å². The second kappa shape index (κ2) is 9.72. The second-order valence-corrected chi connectivity index (χ2v) is 5.15. The van der Waals surface area contributed by atoms with Gasteiger partial charge in [-0.05, 0) is 18.8 Å². The Kier molecular flexibility index (Phi) is 10.9. The summed E-state index contributed by atoms with van der Waals surface area (Å²) in [5.74, 6) is 0.875. The smallest absolute Gasteiger partial charge is 0.225 e. The van der Waals surface area contributed by atoms with E-state index in [1.165, 1.54) is 0 Å². The molecule has 0 saturated carbocycles. The van der Waals surface area contributed by atoms with E-state index >= 15 is 0 Å². The third-order valence-corrected chi connectivity index (χ3v) is 3.17. The average Bonchev–Trinajstić information content (AvgIpc) is 2.24. The maximum Gasteiger partial charge on any atom is 0.225 e. The van der Waals surface area contributed by atoms with Gasteiger partial charge in [0, 0.05) is 25.6 Å². The second-order valence-electron chi connectivity index (χ2n) is 5.15. The van der Waals surface area contributed by atoms with Gasteiger partial charge in [-0.3, -0.25) is 4.79 Å². The number of amides is 1. The van der Waals surface area contributed by atoms with Crippen LogP contribution in [-0.2, 0) is 4.79 Å². The van der Waals surface area contributed by atoms with Gasteiger partial charge in [0.1, 0.15) is 0 Å². The van der Waals surface area contributed by atoms with Gasteiger partial charge in [0.15, 0.2) is 0 Å². The molecule has 3 nitrogen and oxygen atoms in total. The number of carbonyl (C=O) groups is 1. The third-order valence-electron chi connectivity index (χ3n) is 3.17. The minimum Gasteiger partial charge on any atom is -0.345 e. The number of nitrogens with two attached hydrogens (primary N) is 1. The molecular formula is C13H29ClN2O. The van der Waals surface area contributed by atoms with E-state index in [-0.39, 0.29) is 30.3 Å². The molecule has 0 heterocycles. The van der Waals surface area contributed by atoms with Crippen LogP contribution in [-0.4, -0.2) is 30.4 Å². The summed E-state index contributed by atoms with van der Waals surface area (Å²) in [4.78, 5) is 13.7. The van der Waals surface area contributed by atoms with E-state index in [4.69, 9.17) is 5.73 Å². The van der Waals surface area contributed by atoms with Crippen molar-refractivity contribution in [3.05, 3.63) is 0 Å². The zero-order valence-corrected chi connectivity index (χ0v) is 12.7. The van der Waals surface area contributed by atoms with Crippen LogP contribution in [0.2, 0.25) is 0 Å².